The smallest absolute Gasteiger partial charge is 0.326 e. The fraction of sp³-hybridized carbons (Fsp3) is 0.333. The van der Waals surface area contributed by atoms with E-state index in [0.717, 1.165) is 0 Å². The topological polar surface area (TPSA) is 86.6 Å². The van der Waals surface area contributed by atoms with Crippen LogP contribution in [0.25, 0.3) is 0 Å². The number of carbonyl (C=O) groups excluding carboxylic acids is 1. The lowest BCUT2D eigenvalue weighted by molar-refractivity contribution is -0.142. The molecule has 1 rings (SSSR count). The minimum atomic E-state index is -1.19. The van der Waals surface area contributed by atoms with Crippen molar-refractivity contribution in [1.29, 1.82) is 0 Å². The van der Waals surface area contributed by atoms with Gasteiger partial charge in [-0.1, -0.05) is 29.3 Å². The molecule has 1 amide bonds. The van der Waals surface area contributed by atoms with Crippen molar-refractivity contribution >= 4 is 35.1 Å². The Balaban J connectivity index is 2.66. The first-order valence-electron chi connectivity index (χ1n) is 5.51. The van der Waals surface area contributed by atoms with Gasteiger partial charge in [0.1, 0.15) is 6.04 Å². The van der Waals surface area contributed by atoms with Gasteiger partial charge in [-0.25, -0.2) is 4.79 Å². The van der Waals surface area contributed by atoms with E-state index in [-0.39, 0.29) is 19.4 Å². The molecule has 1 atom stereocenters. The second kappa shape index (κ2) is 7.33. The van der Waals surface area contributed by atoms with E-state index in [1.165, 1.54) is 6.07 Å². The third kappa shape index (κ3) is 5.06. The number of hydrogen-bond acceptors (Lipinski definition) is 3. The SMILES string of the molecule is O=C(Cc1ccc(Cl)cc1Cl)N[C@H](CCO)C(=O)O. The predicted octanol–water partition coefficient (Wildman–Crippen LogP) is 1.49. The van der Waals surface area contributed by atoms with Crippen LogP contribution in [-0.4, -0.2) is 34.7 Å². The highest BCUT2D eigenvalue weighted by Crippen LogP contribution is 2.21. The van der Waals surface area contributed by atoms with Gasteiger partial charge in [0.25, 0.3) is 0 Å². The van der Waals surface area contributed by atoms with Gasteiger partial charge in [0.15, 0.2) is 0 Å². The van der Waals surface area contributed by atoms with E-state index in [0.29, 0.717) is 15.6 Å². The number of aliphatic hydroxyl groups is 1. The molecule has 1 aromatic rings. The Morgan fingerprint density at radius 2 is 2.00 bits per heavy atom. The largest absolute Gasteiger partial charge is 0.480 e. The molecule has 0 aliphatic heterocycles. The summed E-state index contributed by atoms with van der Waals surface area (Å²) in [5.74, 6) is -1.67. The van der Waals surface area contributed by atoms with Crippen LogP contribution in [0.1, 0.15) is 12.0 Å². The molecule has 0 unspecified atom stereocenters. The van der Waals surface area contributed by atoms with Gasteiger partial charge in [0.05, 0.1) is 6.42 Å². The molecule has 104 valence electrons. The van der Waals surface area contributed by atoms with Crippen LogP contribution >= 0.6 is 23.2 Å². The highest BCUT2D eigenvalue weighted by Gasteiger charge is 2.19. The molecule has 0 saturated carbocycles. The zero-order chi connectivity index (χ0) is 14.4. The fourth-order valence-corrected chi connectivity index (χ4v) is 1.95. The number of nitrogens with one attached hydrogen (secondary N) is 1. The summed E-state index contributed by atoms with van der Waals surface area (Å²) in [6.45, 7) is -0.320. The third-order valence-corrected chi connectivity index (χ3v) is 3.00. The number of carbonyl (C=O) groups is 2. The Morgan fingerprint density at radius 1 is 1.32 bits per heavy atom. The van der Waals surface area contributed by atoms with Gasteiger partial charge in [0, 0.05) is 23.1 Å². The summed E-state index contributed by atoms with van der Waals surface area (Å²) in [5.41, 5.74) is 0.553. The van der Waals surface area contributed by atoms with Gasteiger partial charge in [0.2, 0.25) is 5.91 Å². The Kier molecular flexibility index (Phi) is 6.08. The van der Waals surface area contributed by atoms with E-state index < -0.39 is 17.9 Å². The van der Waals surface area contributed by atoms with Gasteiger partial charge in [-0.05, 0) is 17.7 Å². The number of benzene rings is 1. The Hall–Kier alpha value is -1.30. The molecule has 0 saturated heterocycles. The first kappa shape index (κ1) is 15.8. The van der Waals surface area contributed by atoms with Gasteiger partial charge in [-0.2, -0.15) is 0 Å². The van der Waals surface area contributed by atoms with Crippen molar-refractivity contribution < 1.29 is 19.8 Å². The maximum absolute atomic E-state index is 11.7. The van der Waals surface area contributed by atoms with Crippen LogP contribution in [0.5, 0.6) is 0 Å². The van der Waals surface area contributed by atoms with Gasteiger partial charge in [-0.15, -0.1) is 0 Å². The lowest BCUT2D eigenvalue weighted by atomic mass is 10.1. The van der Waals surface area contributed by atoms with Crippen molar-refractivity contribution in [2.24, 2.45) is 0 Å². The second-order valence-corrected chi connectivity index (χ2v) is 4.73. The third-order valence-electron chi connectivity index (χ3n) is 2.42. The fourth-order valence-electron chi connectivity index (χ4n) is 1.47. The monoisotopic (exact) mass is 305 g/mol. The molecule has 0 bridgehead atoms. The van der Waals surface area contributed by atoms with Crippen molar-refractivity contribution in [1.82, 2.24) is 5.32 Å². The van der Waals surface area contributed by atoms with Gasteiger partial charge in [-0.3, -0.25) is 4.79 Å². The average molecular weight is 306 g/mol. The maximum Gasteiger partial charge on any atom is 0.326 e. The van der Waals surface area contributed by atoms with E-state index in [4.69, 9.17) is 33.4 Å². The van der Waals surface area contributed by atoms with Crippen LogP contribution in [-0.2, 0) is 16.0 Å². The number of carboxylic acid groups (broad SMARTS) is 1. The lowest BCUT2D eigenvalue weighted by Crippen LogP contribution is -2.42. The van der Waals surface area contributed by atoms with Crippen molar-refractivity contribution in [2.75, 3.05) is 6.61 Å². The summed E-state index contributed by atoms with van der Waals surface area (Å²) < 4.78 is 0. The molecule has 0 aliphatic rings. The Labute approximate surface area is 120 Å². The van der Waals surface area contributed by atoms with E-state index >= 15 is 0 Å². The predicted molar refractivity (Wildman–Crippen MR) is 71.4 cm³/mol. The highest BCUT2D eigenvalue weighted by atomic mass is 35.5. The average Bonchev–Trinajstić information content (AvgIpc) is 2.32. The lowest BCUT2D eigenvalue weighted by Gasteiger charge is -2.13. The van der Waals surface area contributed by atoms with E-state index in [1.54, 1.807) is 12.1 Å². The Bertz CT molecular complexity index is 479. The molecule has 5 nitrogen and oxygen atoms in total. The summed E-state index contributed by atoms with van der Waals surface area (Å²) in [5, 5.41) is 20.7. The van der Waals surface area contributed by atoms with Crippen molar-refractivity contribution in [3.63, 3.8) is 0 Å². The standard InChI is InChI=1S/C12H13Cl2NO4/c13-8-2-1-7(9(14)6-8)5-11(17)15-10(3-4-16)12(18)19/h1-2,6,10,16H,3-5H2,(H,15,17)(H,18,19)/t10-/m1/s1. The number of carboxylic acids is 1. The van der Waals surface area contributed by atoms with E-state index in [9.17, 15) is 9.59 Å². The Morgan fingerprint density at radius 3 is 2.53 bits per heavy atom. The van der Waals surface area contributed by atoms with Crippen LogP contribution in [0.3, 0.4) is 0 Å². The first-order chi connectivity index (χ1) is 8.93. The van der Waals surface area contributed by atoms with Crippen molar-refractivity contribution in [3.8, 4) is 0 Å². The number of aliphatic carboxylic acids is 1. The highest BCUT2D eigenvalue weighted by molar-refractivity contribution is 6.35. The van der Waals surface area contributed by atoms with Crippen LogP contribution < -0.4 is 5.32 Å². The molecule has 0 aliphatic carbocycles. The summed E-state index contributed by atoms with van der Waals surface area (Å²) >= 11 is 11.6. The number of aliphatic hydroxyl groups excluding tert-OH is 1. The van der Waals surface area contributed by atoms with Crippen molar-refractivity contribution in [3.05, 3.63) is 33.8 Å². The molecule has 0 fully saturated rings. The molecule has 19 heavy (non-hydrogen) atoms. The molecule has 0 heterocycles. The zero-order valence-electron chi connectivity index (χ0n) is 9.90. The van der Waals surface area contributed by atoms with Crippen LogP contribution in [0.2, 0.25) is 10.0 Å². The molecule has 3 N–H and O–H groups in total. The molecule has 0 radical (unpaired) electrons. The van der Waals surface area contributed by atoms with E-state index in [1.807, 2.05) is 0 Å². The molecule has 0 aromatic heterocycles. The maximum atomic E-state index is 11.7. The van der Waals surface area contributed by atoms with Crippen LogP contribution in [0, 0.1) is 0 Å². The first-order valence-corrected chi connectivity index (χ1v) is 6.26. The molecular formula is C12H13Cl2NO4. The zero-order valence-corrected chi connectivity index (χ0v) is 11.4. The molecular weight excluding hydrogens is 293 g/mol. The number of hydrogen-bond donors (Lipinski definition) is 3. The number of rotatable bonds is 6. The number of halogens is 2. The molecule has 0 spiro atoms. The quantitative estimate of drug-likeness (QED) is 0.743. The summed E-state index contributed by atoms with van der Waals surface area (Å²) in [4.78, 5) is 22.5. The van der Waals surface area contributed by atoms with Gasteiger partial charge >= 0.3 is 5.97 Å². The van der Waals surface area contributed by atoms with Crippen LogP contribution in [0.4, 0.5) is 0 Å². The summed E-state index contributed by atoms with van der Waals surface area (Å²) in [6.07, 6.45) is -0.0966. The number of amides is 1. The summed E-state index contributed by atoms with van der Waals surface area (Å²) in [6, 6.07) is 3.60. The van der Waals surface area contributed by atoms with Crippen molar-refractivity contribution in [2.45, 2.75) is 18.9 Å². The normalized spacial score (nSPS) is 11.9. The molecule has 7 heteroatoms. The minimum absolute atomic E-state index is 0.0462. The van der Waals surface area contributed by atoms with Gasteiger partial charge < -0.3 is 15.5 Å². The summed E-state index contributed by atoms with van der Waals surface area (Å²) in [7, 11) is 0. The minimum Gasteiger partial charge on any atom is -0.480 e. The molecule has 1 aromatic carbocycles. The second-order valence-electron chi connectivity index (χ2n) is 3.88. The van der Waals surface area contributed by atoms with E-state index in [2.05, 4.69) is 5.32 Å². The van der Waals surface area contributed by atoms with Crippen LogP contribution in [0.15, 0.2) is 18.2 Å².